The minimum atomic E-state index is -0.743. The first-order valence-corrected chi connectivity index (χ1v) is 5.60. The van der Waals surface area contributed by atoms with Gasteiger partial charge < -0.3 is 9.47 Å². The first-order chi connectivity index (χ1) is 8.22. The fourth-order valence-corrected chi connectivity index (χ4v) is 2.31. The van der Waals surface area contributed by atoms with Gasteiger partial charge in [0, 0.05) is 6.42 Å². The second kappa shape index (κ2) is 3.52. The second-order valence-electron chi connectivity index (χ2n) is 4.32. The summed E-state index contributed by atoms with van der Waals surface area (Å²) in [5.41, 5.74) is 0.0468. The van der Waals surface area contributed by atoms with Gasteiger partial charge in [0.05, 0.1) is 11.9 Å². The smallest absolute Gasteiger partial charge is 0.418 e. The Hall–Kier alpha value is -1.97. The van der Waals surface area contributed by atoms with E-state index < -0.39 is 5.72 Å². The first kappa shape index (κ1) is 10.2. The highest BCUT2D eigenvalue weighted by atomic mass is 16.6. The zero-order valence-electron chi connectivity index (χ0n) is 9.50. The largest absolute Gasteiger partial charge is 0.472 e. The maximum atomic E-state index is 11.9. The SMILES string of the molecule is C[C@@]12OC=CC[C@@H]1OC(=O)N2c1ccccc1. The van der Waals surface area contributed by atoms with Crippen LogP contribution in [0, 0.1) is 0 Å². The monoisotopic (exact) mass is 231 g/mol. The third-order valence-electron chi connectivity index (χ3n) is 3.23. The lowest BCUT2D eigenvalue weighted by Crippen LogP contribution is -2.51. The average molecular weight is 231 g/mol. The molecule has 0 N–H and O–H groups in total. The van der Waals surface area contributed by atoms with Gasteiger partial charge >= 0.3 is 6.09 Å². The molecule has 88 valence electrons. The molecule has 4 heteroatoms. The zero-order chi connectivity index (χ0) is 11.9. The van der Waals surface area contributed by atoms with Gasteiger partial charge in [0.2, 0.25) is 5.72 Å². The normalized spacial score (nSPS) is 30.8. The summed E-state index contributed by atoms with van der Waals surface area (Å²) < 4.78 is 11.0. The van der Waals surface area contributed by atoms with Gasteiger partial charge in [-0.1, -0.05) is 18.2 Å². The number of hydrogen-bond donors (Lipinski definition) is 0. The number of carbonyl (C=O) groups is 1. The van der Waals surface area contributed by atoms with Crippen molar-refractivity contribution in [2.45, 2.75) is 25.2 Å². The number of carbonyl (C=O) groups excluding carboxylic acids is 1. The van der Waals surface area contributed by atoms with Crippen LogP contribution >= 0.6 is 0 Å². The van der Waals surface area contributed by atoms with Gasteiger partial charge in [0.1, 0.15) is 0 Å². The number of amides is 1. The van der Waals surface area contributed by atoms with Crippen molar-refractivity contribution in [3.63, 3.8) is 0 Å². The molecule has 0 saturated carbocycles. The minimum Gasteiger partial charge on any atom is -0.472 e. The molecular weight excluding hydrogens is 218 g/mol. The van der Waals surface area contributed by atoms with Crippen LogP contribution in [0.3, 0.4) is 0 Å². The van der Waals surface area contributed by atoms with E-state index in [4.69, 9.17) is 9.47 Å². The number of nitrogens with zero attached hydrogens (tertiary/aromatic N) is 1. The van der Waals surface area contributed by atoms with Crippen LogP contribution in [0.5, 0.6) is 0 Å². The Morgan fingerprint density at radius 3 is 2.88 bits per heavy atom. The number of fused-ring (bicyclic) bond motifs is 1. The molecule has 17 heavy (non-hydrogen) atoms. The summed E-state index contributed by atoms with van der Waals surface area (Å²) in [4.78, 5) is 13.5. The summed E-state index contributed by atoms with van der Waals surface area (Å²) in [6.45, 7) is 1.87. The van der Waals surface area contributed by atoms with Crippen molar-refractivity contribution in [2.24, 2.45) is 0 Å². The number of anilines is 1. The van der Waals surface area contributed by atoms with E-state index in [0.717, 1.165) is 5.69 Å². The van der Waals surface area contributed by atoms with Crippen molar-refractivity contribution in [2.75, 3.05) is 4.90 Å². The highest BCUT2D eigenvalue weighted by Gasteiger charge is 2.54. The van der Waals surface area contributed by atoms with Crippen molar-refractivity contribution in [1.82, 2.24) is 0 Å². The third-order valence-corrected chi connectivity index (χ3v) is 3.23. The summed E-state index contributed by atoms with van der Waals surface area (Å²) in [6, 6.07) is 9.43. The Balaban J connectivity index is 2.04. The Morgan fingerprint density at radius 2 is 2.12 bits per heavy atom. The summed E-state index contributed by atoms with van der Waals surface area (Å²) in [5, 5.41) is 0. The van der Waals surface area contributed by atoms with Crippen LogP contribution in [0.2, 0.25) is 0 Å². The predicted molar refractivity (Wildman–Crippen MR) is 62.4 cm³/mol. The summed E-state index contributed by atoms with van der Waals surface area (Å²) in [6.07, 6.45) is 3.58. The Morgan fingerprint density at radius 1 is 1.35 bits per heavy atom. The molecule has 1 saturated heterocycles. The molecule has 0 bridgehead atoms. The number of benzene rings is 1. The molecule has 4 nitrogen and oxygen atoms in total. The van der Waals surface area contributed by atoms with Crippen LogP contribution < -0.4 is 4.90 Å². The van der Waals surface area contributed by atoms with Crippen molar-refractivity contribution >= 4 is 11.8 Å². The maximum Gasteiger partial charge on any atom is 0.418 e. The molecule has 1 amide bonds. The highest BCUT2D eigenvalue weighted by molar-refractivity contribution is 5.91. The van der Waals surface area contributed by atoms with Crippen LogP contribution in [-0.2, 0) is 9.47 Å². The van der Waals surface area contributed by atoms with Crippen LogP contribution in [-0.4, -0.2) is 17.9 Å². The van der Waals surface area contributed by atoms with Gasteiger partial charge in [-0.15, -0.1) is 0 Å². The van der Waals surface area contributed by atoms with Crippen LogP contribution in [0.4, 0.5) is 10.5 Å². The standard InChI is InChI=1S/C13H13NO3/c1-13-11(8-5-9-16-13)17-12(15)14(13)10-6-3-2-4-7-10/h2-7,9,11H,8H2,1H3/t11-,13+/m0/s1. The summed E-state index contributed by atoms with van der Waals surface area (Å²) in [7, 11) is 0. The number of hydrogen-bond acceptors (Lipinski definition) is 3. The van der Waals surface area contributed by atoms with E-state index in [1.54, 1.807) is 11.2 Å². The highest BCUT2D eigenvalue weighted by Crippen LogP contribution is 2.39. The first-order valence-electron chi connectivity index (χ1n) is 5.60. The minimum absolute atomic E-state index is 0.250. The van der Waals surface area contributed by atoms with Gasteiger partial charge in [-0.25, -0.2) is 9.69 Å². The average Bonchev–Trinajstić information content (AvgIpc) is 2.60. The Kier molecular flexibility index (Phi) is 2.11. The second-order valence-corrected chi connectivity index (χ2v) is 4.32. The van der Waals surface area contributed by atoms with E-state index in [9.17, 15) is 4.79 Å². The van der Waals surface area contributed by atoms with Crippen molar-refractivity contribution < 1.29 is 14.3 Å². The molecule has 3 rings (SSSR count). The molecule has 0 radical (unpaired) electrons. The van der Waals surface area contributed by atoms with Gasteiger partial charge in [-0.05, 0) is 25.1 Å². The number of ether oxygens (including phenoxy) is 2. The predicted octanol–water partition coefficient (Wildman–Crippen LogP) is 2.66. The van der Waals surface area contributed by atoms with E-state index in [1.165, 1.54) is 0 Å². The molecule has 2 aliphatic rings. The lowest BCUT2D eigenvalue weighted by Gasteiger charge is -2.36. The summed E-state index contributed by atoms with van der Waals surface area (Å²) in [5.74, 6) is 0. The maximum absolute atomic E-state index is 11.9. The molecule has 0 unspecified atom stereocenters. The molecule has 2 atom stereocenters. The zero-order valence-corrected chi connectivity index (χ0v) is 9.50. The molecule has 2 heterocycles. The molecule has 0 aliphatic carbocycles. The Bertz CT molecular complexity index is 471. The molecule has 0 spiro atoms. The molecular formula is C13H13NO3. The molecule has 2 aliphatic heterocycles. The number of para-hydroxylation sites is 1. The third kappa shape index (κ3) is 1.40. The van der Waals surface area contributed by atoms with Gasteiger partial charge in [0.25, 0.3) is 0 Å². The number of rotatable bonds is 1. The van der Waals surface area contributed by atoms with Crippen LogP contribution in [0.1, 0.15) is 13.3 Å². The van der Waals surface area contributed by atoms with E-state index in [1.807, 2.05) is 43.3 Å². The van der Waals surface area contributed by atoms with E-state index in [2.05, 4.69) is 0 Å². The fraction of sp³-hybridized carbons (Fsp3) is 0.308. The van der Waals surface area contributed by atoms with Gasteiger partial charge in [-0.2, -0.15) is 0 Å². The van der Waals surface area contributed by atoms with Crippen LogP contribution in [0.25, 0.3) is 0 Å². The topological polar surface area (TPSA) is 38.8 Å². The molecule has 1 aromatic rings. The lowest BCUT2D eigenvalue weighted by molar-refractivity contribution is -0.0354. The fourth-order valence-electron chi connectivity index (χ4n) is 2.31. The van der Waals surface area contributed by atoms with E-state index in [0.29, 0.717) is 6.42 Å². The van der Waals surface area contributed by atoms with Crippen LogP contribution in [0.15, 0.2) is 42.7 Å². The van der Waals surface area contributed by atoms with Gasteiger partial charge in [-0.3, -0.25) is 0 Å². The molecule has 1 aromatic carbocycles. The van der Waals surface area contributed by atoms with Crippen molar-refractivity contribution in [3.05, 3.63) is 42.7 Å². The van der Waals surface area contributed by atoms with Crippen molar-refractivity contribution in [1.29, 1.82) is 0 Å². The van der Waals surface area contributed by atoms with E-state index in [-0.39, 0.29) is 12.2 Å². The Labute approximate surface area is 99.4 Å². The van der Waals surface area contributed by atoms with E-state index >= 15 is 0 Å². The lowest BCUT2D eigenvalue weighted by atomic mass is 10.0. The van der Waals surface area contributed by atoms with Crippen molar-refractivity contribution in [3.8, 4) is 0 Å². The molecule has 1 fully saturated rings. The quantitative estimate of drug-likeness (QED) is 0.745. The summed E-state index contributed by atoms with van der Waals surface area (Å²) >= 11 is 0. The van der Waals surface area contributed by atoms with Gasteiger partial charge in [0.15, 0.2) is 6.10 Å². The molecule has 0 aromatic heterocycles.